The molecule has 17 heavy (non-hydrogen) atoms. The van der Waals surface area contributed by atoms with Crippen LogP contribution in [0, 0.1) is 6.92 Å². The normalized spacial score (nSPS) is 10.4. The highest BCUT2D eigenvalue weighted by molar-refractivity contribution is 7.13. The van der Waals surface area contributed by atoms with E-state index in [0.717, 1.165) is 17.9 Å². The standard InChI is InChI=1S/C12H11N3S.ClH/c1-9-6-15(8-13-9)7-11-10-4-2-3-5-12(10)16-14-11;/h2-6,8H,7H2,1H3;1H. The maximum atomic E-state index is 4.49. The molecule has 5 heteroatoms. The molecule has 0 N–H and O–H groups in total. The molecule has 0 unspecified atom stereocenters. The second-order valence-electron chi connectivity index (χ2n) is 3.81. The van der Waals surface area contributed by atoms with Gasteiger partial charge in [-0.3, -0.25) is 0 Å². The van der Waals surface area contributed by atoms with E-state index in [9.17, 15) is 0 Å². The SMILES string of the molecule is Cc1cn(Cc2nsc3ccccc23)cn1.Cl. The molecule has 0 amide bonds. The van der Waals surface area contributed by atoms with Crippen molar-refractivity contribution in [2.45, 2.75) is 13.5 Å². The van der Waals surface area contributed by atoms with Crippen LogP contribution in [0.15, 0.2) is 36.8 Å². The third-order valence-corrected chi connectivity index (χ3v) is 3.41. The summed E-state index contributed by atoms with van der Waals surface area (Å²) in [6.45, 7) is 2.79. The first kappa shape index (κ1) is 12.1. The Bertz CT molecular complexity index is 629. The van der Waals surface area contributed by atoms with Gasteiger partial charge in [-0.2, -0.15) is 4.37 Å². The number of nitrogens with zero attached hydrogens (tertiary/aromatic N) is 3. The molecule has 2 heterocycles. The third kappa shape index (κ3) is 2.33. The van der Waals surface area contributed by atoms with Crippen LogP contribution in [0.3, 0.4) is 0 Å². The number of rotatable bonds is 2. The summed E-state index contributed by atoms with van der Waals surface area (Å²) in [5.41, 5.74) is 2.16. The van der Waals surface area contributed by atoms with Gasteiger partial charge in [0.05, 0.1) is 29.0 Å². The Hall–Kier alpha value is -1.39. The molecule has 3 aromatic rings. The highest BCUT2D eigenvalue weighted by Gasteiger charge is 2.05. The van der Waals surface area contributed by atoms with Gasteiger partial charge in [-0.1, -0.05) is 18.2 Å². The van der Waals surface area contributed by atoms with Crippen LogP contribution in [-0.4, -0.2) is 13.9 Å². The van der Waals surface area contributed by atoms with E-state index >= 15 is 0 Å². The summed E-state index contributed by atoms with van der Waals surface area (Å²) >= 11 is 1.56. The average Bonchev–Trinajstić information content (AvgIpc) is 2.87. The van der Waals surface area contributed by atoms with Gasteiger partial charge in [0.1, 0.15) is 0 Å². The van der Waals surface area contributed by atoms with Crippen molar-refractivity contribution in [2.24, 2.45) is 0 Å². The number of aromatic nitrogens is 3. The first-order chi connectivity index (χ1) is 7.83. The number of benzene rings is 1. The van der Waals surface area contributed by atoms with Gasteiger partial charge in [-0.15, -0.1) is 12.4 Å². The van der Waals surface area contributed by atoms with Gasteiger partial charge >= 0.3 is 0 Å². The summed E-state index contributed by atoms with van der Waals surface area (Å²) in [7, 11) is 0. The molecule has 0 aliphatic rings. The van der Waals surface area contributed by atoms with E-state index < -0.39 is 0 Å². The average molecular weight is 266 g/mol. The zero-order valence-corrected chi connectivity index (χ0v) is 11.0. The summed E-state index contributed by atoms with van der Waals surface area (Å²) < 4.78 is 7.80. The molecule has 3 nitrogen and oxygen atoms in total. The van der Waals surface area contributed by atoms with Gasteiger partial charge in [-0.25, -0.2) is 4.98 Å². The van der Waals surface area contributed by atoms with Crippen LogP contribution in [0.1, 0.15) is 11.4 Å². The maximum absolute atomic E-state index is 4.49. The molecule has 0 aliphatic heterocycles. The number of halogens is 1. The summed E-state index contributed by atoms with van der Waals surface area (Å²) in [5, 5.41) is 1.25. The van der Waals surface area contributed by atoms with E-state index in [2.05, 4.69) is 32.1 Å². The zero-order chi connectivity index (χ0) is 11.0. The van der Waals surface area contributed by atoms with E-state index in [0.29, 0.717) is 0 Å². The van der Waals surface area contributed by atoms with Crippen LogP contribution in [0.2, 0.25) is 0 Å². The van der Waals surface area contributed by atoms with E-state index in [4.69, 9.17) is 0 Å². The fourth-order valence-electron chi connectivity index (χ4n) is 1.78. The molecule has 0 saturated carbocycles. The zero-order valence-electron chi connectivity index (χ0n) is 9.33. The summed E-state index contributed by atoms with van der Waals surface area (Å²) in [6.07, 6.45) is 3.89. The Balaban J connectivity index is 0.00000108. The minimum absolute atomic E-state index is 0. The van der Waals surface area contributed by atoms with Gasteiger partial charge < -0.3 is 4.57 Å². The molecule has 0 atom stereocenters. The molecule has 0 aliphatic carbocycles. The van der Waals surface area contributed by atoms with Gasteiger partial charge in [0.25, 0.3) is 0 Å². The van der Waals surface area contributed by atoms with Crippen molar-refractivity contribution in [3.8, 4) is 0 Å². The first-order valence-electron chi connectivity index (χ1n) is 5.14. The van der Waals surface area contributed by atoms with E-state index in [1.54, 1.807) is 11.5 Å². The number of hydrogen-bond donors (Lipinski definition) is 0. The van der Waals surface area contributed by atoms with Crippen molar-refractivity contribution in [3.05, 3.63) is 48.2 Å². The fraction of sp³-hybridized carbons (Fsp3) is 0.167. The summed E-state index contributed by atoms with van der Waals surface area (Å²) in [4.78, 5) is 4.22. The highest BCUT2D eigenvalue weighted by Crippen LogP contribution is 2.22. The number of aryl methyl sites for hydroxylation is 1. The molecule has 0 saturated heterocycles. The van der Waals surface area contributed by atoms with E-state index in [1.807, 2.05) is 25.5 Å². The molecular weight excluding hydrogens is 254 g/mol. The van der Waals surface area contributed by atoms with Gasteiger partial charge in [0.15, 0.2) is 0 Å². The molecule has 0 spiro atoms. The number of hydrogen-bond acceptors (Lipinski definition) is 3. The Labute approximate surface area is 110 Å². The quantitative estimate of drug-likeness (QED) is 0.712. The Morgan fingerprint density at radius 3 is 2.88 bits per heavy atom. The van der Waals surface area contributed by atoms with Crippen LogP contribution in [0.4, 0.5) is 0 Å². The molecule has 2 aromatic heterocycles. The van der Waals surface area contributed by atoms with Crippen molar-refractivity contribution in [3.63, 3.8) is 0 Å². The second kappa shape index (κ2) is 4.85. The Kier molecular flexibility index (Phi) is 3.45. The minimum Gasteiger partial charge on any atom is -0.331 e. The van der Waals surface area contributed by atoms with Gasteiger partial charge in [0, 0.05) is 11.6 Å². The van der Waals surface area contributed by atoms with Crippen LogP contribution in [0.25, 0.3) is 10.1 Å². The number of fused-ring (bicyclic) bond motifs is 1. The topological polar surface area (TPSA) is 30.7 Å². The van der Waals surface area contributed by atoms with E-state index in [-0.39, 0.29) is 12.4 Å². The summed E-state index contributed by atoms with van der Waals surface area (Å²) in [6, 6.07) is 8.33. The lowest BCUT2D eigenvalue weighted by atomic mass is 10.2. The van der Waals surface area contributed by atoms with E-state index in [1.165, 1.54) is 10.1 Å². The lowest BCUT2D eigenvalue weighted by Gasteiger charge is -1.98. The monoisotopic (exact) mass is 265 g/mol. The van der Waals surface area contributed by atoms with Crippen molar-refractivity contribution in [1.82, 2.24) is 13.9 Å². The van der Waals surface area contributed by atoms with Crippen molar-refractivity contribution >= 4 is 34.0 Å². The minimum atomic E-state index is 0. The first-order valence-corrected chi connectivity index (χ1v) is 5.92. The third-order valence-electron chi connectivity index (χ3n) is 2.55. The van der Waals surface area contributed by atoms with Crippen LogP contribution in [-0.2, 0) is 6.54 Å². The van der Waals surface area contributed by atoms with Gasteiger partial charge in [-0.05, 0) is 24.5 Å². The molecule has 88 valence electrons. The van der Waals surface area contributed by atoms with Crippen LogP contribution >= 0.6 is 23.9 Å². The molecule has 0 radical (unpaired) electrons. The Morgan fingerprint density at radius 2 is 2.12 bits per heavy atom. The largest absolute Gasteiger partial charge is 0.331 e. The predicted molar refractivity (Wildman–Crippen MR) is 72.9 cm³/mol. The molecular formula is C12H12ClN3S. The second-order valence-corrected chi connectivity index (χ2v) is 4.62. The van der Waals surface area contributed by atoms with Gasteiger partial charge in [0.2, 0.25) is 0 Å². The lowest BCUT2D eigenvalue weighted by Crippen LogP contribution is -1.96. The van der Waals surface area contributed by atoms with Crippen LogP contribution in [0.5, 0.6) is 0 Å². The molecule has 0 fully saturated rings. The molecule has 1 aromatic carbocycles. The smallest absolute Gasteiger partial charge is 0.0952 e. The number of imidazole rings is 1. The molecule has 3 rings (SSSR count). The summed E-state index contributed by atoms with van der Waals surface area (Å²) in [5.74, 6) is 0. The highest BCUT2D eigenvalue weighted by atomic mass is 35.5. The lowest BCUT2D eigenvalue weighted by molar-refractivity contribution is 0.787. The maximum Gasteiger partial charge on any atom is 0.0952 e. The molecule has 0 bridgehead atoms. The van der Waals surface area contributed by atoms with Crippen molar-refractivity contribution in [1.29, 1.82) is 0 Å². The van der Waals surface area contributed by atoms with Crippen LogP contribution < -0.4 is 0 Å². The predicted octanol–water partition coefficient (Wildman–Crippen LogP) is 3.27. The fourth-order valence-corrected chi connectivity index (χ4v) is 2.57. The van der Waals surface area contributed by atoms with Crippen molar-refractivity contribution < 1.29 is 0 Å². The van der Waals surface area contributed by atoms with Crippen molar-refractivity contribution in [2.75, 3.05) is 0 Å². The Morgan fingerprint density at radius 1 is 1.29 bits per heavy atom.